The number of aromatic nitrogens is 1. The van der Waals surface area contributed by atoms with Crippen LogP contribution in [0.5, 0.6) is 0 Å². The largest absolute Gasteiger partial charge is 0.381 e. The summed E-state index contributed by atoms with van der Waals surface area (Å²) in [4.78, 5) is 4.15. The van der Waals surface area contributed by atoms with Gasteiger partial charge in [-0.3, -0.25) is 0 Å². The van der Waals surface area contributed by atoms with Gasteiger partial charge in [-0.15, -0.1) is 11.3 Å². The minimum atomic E-state index is -0.598. The molecule has 0 aliphatic heterocycles. The van der Waals surface area contributed by atoms with Gasteiger partial charge in [0.15, 0.2) is 0 Å². The van der Waals surface area contributed by atoms with Crippen LogP contribution >= 0.6 is 11.3 Å². The first-order chi connectivity index (χ1) is 7.59. The van der Waals surface area contributed by atoms with E-state index in [-0.39, 0.29) is 0 Å². The predicted octanol–water partition coefficient (Wildman–Crippen LogP) is 3.15. The maximum Gasteiger partial charge on any atom is 0.131 e. The highest BCUT2D eigenvalue weighted by Gasteiger charge is 2.15. The van der Waals surface area contributed by atoms with E-state index in [0.29, 0.717) is 0 Å². The van der Waals surface area contributed by atoms with Crippen molar-refractivity contribution in [2.75, 3.05) is 0 Å². The van der Waals surface area contributed by atoms with Crippen molar-refractivity contribution in [1.29, 1.82) is 0 Å². The lowest BCUT2D eigenvalue weighted by molar-refractivity contribution is 0.219. The molecule has 0 saturated carbocycles. The van der Waals surface area contributed by atoms with Crippen molar-refractivity contribution in [2.24, 2.45) is 0 Å². The lowest BCUT2D eigenvalue weighted by atomic mass is 9.97. The molecule has 1 atom stereocenters. The number of benzene rings is 1. The molecule has 2 aromatic rings. The van der Waals surface area contributed by atoms with E-state index in [4.69, 9.17) is 0 Å². The molecule has 0 radical (unpaired) electrons. The van der Waals surface area contributed by atoms with Crippen LogP contribution in [-0.4, -0.2) is 10.1 Å². The molecule has 0 fully saturated rings. The Balaban J connectivity index is 2.44. The van der Waals surface area contributed by atoms with E-state index >= 15 is 0 Å². The maximum atomic E-state index is 10.2. The van der Waals surface area contributed by atoms with Gasteiger partial charge in [-0.1, -0.05) is 12.1 Å². The summed E-state index contributed by atoms with van der Waals surface area (Å²) in [5.74, 6) is 0. The van der Waals surface area contributed by atoms with Crippen molar-refractivity contribution in [3.8, 4) is 0 Å². The second kappa shape index (κ2) is 4.36. The van der Waals surface area contributed by atoms with Crippen molar-refractivity contribution >= 4 is 11.3 Å². The van der Waals surface area contributed by atoms with Crippen molar-refractivity contribution in [2.45, 2.75) is 26.9 Å². The standard InChI is InChI=1S/C13H15NOS/c1-8-6-10(3)11(7-9(8)2)12(15)13-14-4-5-16-13/h4-7,12,15H,1-3H3. The molecule has 84 valence electrons. The molecule has 1 aromatic carbocycles. The Kier molecular flexibility index (Phi) is 3.08. The van der Waals surface area contributed by atoms with Gasteiger partial charge in [0.25, 0.3) is 0 Å². The molecule has 1 aromatic heterocycles. The fourth-order valence-electron chi connectivity index (χ4n) is 1.78. The summed E-state index contributed by atoms with van der Waals surface area (Å²) in [5, 5.41) is 12.9. The van der Waals surface area contributed by atoms with E-state index in [1.165, 1.54) is 22.5 Å². The molecular formula is C13H15NOS. The van der Waals surface area contributed by atoms with Crippen LogP contribution in [0.3, 0.4) is 0 Å². The zero-order valence-corrected chi connectivity index (χ0v) is 10.5. The normalized spacial score (nSPS) is 12.8. The third kappa shape index (κ3) is 2.01. The van der Waals surface area contributed by atoms with E-state index in [9.17, 15) is 5.11 Å². The zero-order valence-electron chi connectivity index (χ0n) is 9.69. The summed E-state index contributed by atoms with van der Waals surface area (Å²) in [6, 6.07) is 4.16. The first kappa shape index (κ1) is 11.3. The molecule has 0 saturated heterocycles. The number of aliphatic hydroxyl groups is 1. The maximum absolute atomic E-state index is 10.2. The number of hydrogen-bond acceptors (Lipinski definition) is 3. The van der Waals surface area contributed by atoms with Crippen LogP contribution in [0.2, 0.25) is 0 Å². The summed E-state index contributed by atoms with van der Waals surface area (Å²) in [7, 11) is 0. The molecule has 1 heterocycles. The molecule has 1 unspecified atom stereocenters. The molecule has 16 heavy (non-hydrogen) atoms. The van der Waals surface area contributed by atoms with Gasteiger partial charge in [-0.25, -0.2) is 4.98 Å². The number of aliphatic hydroxyl groups excluding tert-OH is 1. The minimum Gasteiger partial charge on any atom is -0.381 e. The average molecular weight is 233 g/mol. The van der Waals surface area contributed by atoms with Gasteiger partial charge in [0.05, 0.1) is 0 Å². The average Bonchev–Trinajstić information content (AvgIpc) is 2.75. The first-order valence-electron chi connectivity index (χ1n) is 5.25. The van der Waals surface area contributed by atoms with E-state index in [0.717, 1.165) is 16.1 Å². The molecule has 0 amide bonds. The quantitative estimate of drug-likeness (QED) is 0.864. The SMILES string of the molecule is Cc1cc(C)c(C(O)c2nccs2)cc1C. The Hall–Kier alpha value is -1.19. The Morgan fingerprint density at radius 2 is 1.81 bits per heavy atom. The van der Waals surface area contributed by atoms with Crippen LogP contribution in [0.25, 0.3) is 0 Å². The van der Waals surface area contributed by atoms with Crippen molar-refractivity contribution in [1.82, 2.24) is 4.98 Å². The minimum absolute atomic E-state index is 0.598. The Morgan fingerprint density at radius 1 is 1.12 bits per heavy atom. The van der Waals surface area contributed by atoms with Crippen LogP contribution in [0.1, 0.15) is 33.4 Å². The van der Waals surface area contributed by atoms with Gasteiger partial charge in [-0.05, 0) is 43.0 Å². The molecule has 3 heteroatoms. The highest BCUT2D eigenvalue weighted by Crippen LogP contribution is 2.28. The van der Waals surface area contributed by atoms with E-state index in [1.54, 1.807) is 6.20 Å². The third-order valence-corrected chi connectivity index (χ3v) is 3.69. The predicted molar refractivity (Wildman–Crippen MR) is 66.8 cm³/mol. The molecule has 2 rings (SSSR count). The highest BCUT2D eigenvalue weighted by molar-refractivity contribution is 7.09. The fourth-order valence-corrected chi connectivity index (χ4v) is 2.42. The number of aryl methyl sites for hydroxylation is 3. The van der Waals surface area contributed by atoms with Crippen LogP contribution in [-0.2, 0) is 0 Å². The van der Waals surface area contributed by atoms with Crippen LogP contribution in [0.15, 0.2) is 23.7 Å². The van der Waals surface area contributed by atoms with Crippen LogP contribution in [0, 0.1) is 20.8 Å². The van der Waals surface area contributed by atoms with Crippen molar-refractivity contribution in [3.05, 3.63) is 51.0 Å². The van der Waals surface area contributed by atoms with Gasteiger partial charge in [-0.2, -0.15) is 0 Å². The Morgan fingerprint density at radius 3 is 2.44 bits per heavy atom. The monoisotopic (exact) mass is 233 g/mol. The topological polar surface area (TPSA) is 33.1 Å². The number of hydrogen-bond donors (Lipinski definition) is 1. The third-order valence-electron chi connectivity index (χ3n) is 2.86. The van der Waals surface area contributed by atoms with Gasteiger partial charge in [0.2, 0.25) is 0 Å². The summed E-state index contributed by atoms with van der Waals surface area (Å²) in [6.07, 6.45) is 1.12. The number of thiazole rings is 1. The fraction of sp³-hybridized carbons (Fsp3) is 0.308. The van der Waals surface area contributed by atoms with Crippen molar-refractivity contribution in [3.63, 3.8) is 0 Å². The molecule has 2 nitrogen and oxygen atoms in total. The summed E-state index contributed by atoms with van der Waals surface area (Å²) in [5.41, 5.74) is 4.53. The second-order valence-corrected chi connectivity index (χ2v) is 4.99. The smallest absolute Gasteiger partial charge is 0.131 e. The lowest BCUT2D eigenvalue weighted by Gasteiger charge is -2.13. The van der Waals surface area contributed by atoms with Gasteiger partial charge in [0, 0.05) is 11.6 Å². The van der Waals surface area contributed by atoms with Crippen LogP contribution in [0.4, 0.5) is 0 Å². The van der Waals surface area contributed by atoms with E-state index in [2.05, 4.69) is 31.0 Å². The summed E-state index contributed by atoms with van der Waals surface area (Å²) >= 11 is 1.48. The molecule has 0 bridgehead atoms. The molecule has 0 aliphatic carbocycles. The van der Waals surface area contributed by atoms with E-state index < -0.39 is 6.10 Å². The van der Waals surface area contributed by atoms with Gasteiger partial charge < -0.3 is 5.11 Å². The van der Waals surface area contributed by atoms with Gasteiger partial charge in [0.1, 0.15) is 11.1 Å². The summed E-state index contributed by atoms with van der Waals surface area (Å²) < 4.78 is 0. The number of rotatable bonds is 2. The second-order valence-electron chi connectivity index (χ2n) is 4.07. The van der Waals surface area contributed by atoms with E-state index in [1.807, 2.05) is 12.3 Å². The van der Waals surface area contributed by atoms with Crippen molar-refractivity contribution < 1.29 is 5.11 Å². The Labute approximate surface area is 99.6 Å². The summed E-state index contributed by atoms with van der Waals surface area (Å²) in [6.45, 7) is 6.17. The molecular weight excluding hydrogens is 218 g/mol. The lowest BCUT2D eigenvalue weighted by Crippen LogP contribution is -2.02. The first-order valence-corrected chi connectivity index (χ1v) is 6.12. The molecule has 0 spiro atoms. The molecule has 0 aliphatic rings. The van der Waals surface area contributed by atoms with Gasteiger partial charge >= 0.3 is 0 Å². The number of nitrogens with zero attached hydrogens (tertiary/aromatic N) is 1. The Bertz CT molecular complexity index is 491. The zero-order chi connectivity index (χ0) is 11.7. The highest BCUT2D eigenvalue weighted by atomic mass is 32.1. The molecule has 1 N–H and O–H groups in total. The van der Waals surface area contributed by atoms with Crippen LogP contribution < -0.4 is 0 Å².